The highest BCUT2D eigenvalue weighted by atomic mass is 19.1. The Morgan fingerprint density at radius 3 is 2.03 bits per heavy atom. The number of Topliss-reactive ketones (excluding diaryl/α,β-unsaturated/α-hetero) is 1. The Labute approximate surface area is 191 Å². The highest BCUT2D eigenvalue weighted by molar-refractivity contribution is 6.14. The topological polar surface area (TPSA) is 72.9 Å². The van der Waals surface area contributed by atoms with E-state index in [-0.39, 0.29) is 23.2 Å². The first-order valence-electron chi connectivity index (χ1n) is 10.5. The van der Waals surface area contributed by atoms with Gasteiger partial charge in [-0.15, -0.1) is 0 Å². The Bertz CT molecular complexity index is 1100. The van der Waals surface area contributed by atoms with Gasteiger partial charge in [0.25, 0.3) is 0 Å². The predicted molar refractivity (Wildman–Crippen MR) is 118 cm³/mol. The van der Waals surface area contributed by atoms with Crippen molar-refractivity contribution in [2.24, 2.45) is 0 Å². The van der Waals surface area contributed by atoms with E-state index in [9.17, 15) is 23.2 Å². The second kappa shape index (κ2) is 8.57. The molecule has 0 bridgehead atoms. The minimum Gasteiger partial charge on any atom is -0.456 e. The number of hydrogen-bond acceptors (Lipinski definition) is 5. The summed E-state index contributed by atoms with van der Waals surface area (Å²) >= 11 is 0. The highest BCUT2D eigenvalue weighted by Gasteiger charge is 2.41. The number of amides is 1. The predicted octanol–water partition coefficient (Wildman–Crippen LogP) is 5.99. The zero-order valence-corrected chi connectivity index (χ0v) is 19.5. The van der Waals surface area contributed by atoms with Crippen molar-refractivity contribution in [3.63, 3.8) is 0 Å². The molecular formula is C25H27F2NO5. The molecule has 1 atom stereocenters. The summed E-state index contributed by atoms with van der Waals surface area (Å²) in [7, 11) is 0. The molecule has 0 N–H and O–H groups in total. The number of anilines is 1. The number of rotatable bonds is 2. The van der Waals surface area contributed by atoms with Crippen LogP contribution in [0, 0.1) is 11.6 Å². The number of benzene rings is 2. The summed E-state index contributed by atoms with van der Waals surface area (Å²) in [6, 6.07) is 6.37. The van der Waals surface area contributed by atoms with Gasteiger partial charge in [-0.1, -0.05) is 12.1 Å². The molecule has 1 unspecified atom stereocenters. The Morgan fingerprint density at radius 2 is 1.48 bits per heavy atom. The van der Waals surface area contributed by atoms with Crippen molar-refractivity contribution in [3.8, 4) is 0 Å². The Morgan fingerprint density at radius 1 is 0.909 bits per heavy atom. The highest BCUT2D eigenvalue weighted by Crippen LogP contribution is 2.42. The third-order valence-electron chi connectivity index (χ3n) is 4.77. The Hall–Kier alpha value is -3.29. The summed E-state index contributed by atoms with van der Waals surface area (Å²) in [5.74, 6) is -2.66. The largest absolute Gasteiger partial charge is 0.456 e. The van der Waals surface area contributed by atoms with Gasteiger partial charge in [-0.2, -0.15) is 0 Å². The van der Waals surface area contributed by atoms with E-state index in [0.29, 0.717) is 5.56 Å². The maximum atomic E-state index is 14.7. The fourth-order valence-corrected chi connectivity index (χ4v) is 3.59. The van der Waals surface area contributed by atoms with Gasteiger partial charge in [-0.3, -0.25) is 9.69 Å². The molecule has 0 spiro atoms. The second-order valence-corrected chi connectivity index (χ2v) is 9.89. The van der Waals surface area contributed by atoms with E-state index in [1.165, 1.54) is 24.3 Å². The van der Waals surface area contributed by atoms with Crippen LogP contribution < -0.4 is 4.90 Å². The summed E-state index contributed by atoms with van der Waals surface area (Å²) in [6.45, 7) is 9.96. The number of halogens is 2. The summed E-state index contributed by atoms with van der Waals surface area (Å²) in [4.78, 5) is 40.4. The lowest BCUT2D eigenvalue weighted by molar-refractivity contribution is 0.00662. The minimum absolute atomic E-state index is 0.101. The van der Waals surface area contributed by atoms with Crippen molar-refractivity contribution in [2.75, 3.05) is 4.90 Å². The maximum Gasteiger partial charge on any atom is 0.415 e. The average Bonchev–Trinajstić information content (AvgIpc) is 2.64. The van der Waals surface area contributed by atoms with Gasteiger partial charge in [0.1, 0.15) is 22.8 Å². The van der Waals surface area contributed by atoms with Crippen LogP contribution in [0.5, 0.6) is 0 Å². The molecule has 0 aromatic heterocycles. The van der Waals surface area contributed by atoms with Crippen LogP contribution >= 0.6 is 0 Å². The number of carbonyl (C=O) groups is 3. The van der Waals surface area contributed by atoms with Crippen molar-refractivity contribution >= 4 is 23.5 Å². The first-order valence-corrected chi connectivity index (χ1v) is 10.5. The Balaban J connectivity index is 2.20. The molecule has 1 heterocycles. The number of fused-ring (bicyclic) bond motifs is 1. The molecule has 1 amide bonds. The molecule has 0 saturated carbocycles. The lowest BCUT2D eigenvalue weighted by Crippen LogP contribution is -2.44. The number of hydrogen-bond donors (Lipinski definition) is 0. The van der Waals surface area contributed by atoms with E-state index < -0.39 is 46.7 Å². The van der Waals surface area contributed by atoms with Crippen LogP contribution in [0.3, 0.4) is 0 Å². The van der Waals surface area contributed by atoms with Gasteiger partial charge in [-0.05, 0) is 71.4 Å². The van der Waals surface area contributed by atoms with E-state index in [1.54, 1.807) is 41.5 Å². The van der Waals surface area contributed by atoms with Crippen molar-refractivity contribution in [2.45, 2.75) is 65.2 Å². The monoisotopic (exact) mass is 459 g/mol. The van der Waals surface area contributed by atoms with Gasteiger partial charge in [0, 0.05) is 6.42 Å². The third kappa shape index (κ3) is 5.56. The molecule has 0 aliphatic carbocycles. The molecule has 0 fully saturated rings. The molecule has 176 valence electrons. The number of esters is 1. The quantitative estimate of drug-likeness (QED) is 0.516. The SMILES string of the molecule is CC(C)(C)OC(=O)c1cc(F)cc2c1C(=O)CC(c1ccc(F)cc1)N2C(=O)OC(C)(C)C. The summed E-state index contributed by atoms with van der Waals surface area (Å²) in [5.41, 5.74) is -1.78. The van der Waals surface area contributed by atoms with Crippen LogP contribution in [-0.2, 0) is 9.47 Å². The zero-order valence-electron chi connectivity index (χ0n) is 19.5. The molecule has 0 saturated heterocycles. The normalized spacial score (nSPS) is 16.3. The van der Waals surface area contributed by atoms with Gasteiger partial charge in [0.2, 0.25) is 0 Å². The smallest absolute Gasteiger partial charge is 0.415 e. The van der Waals surface area contributed by atoms with Gasteiger partial charge in [0.15, 0.2) is 5.78 Å². The first kappa shape index (κ1) is 24.4. The van der Waals surface area contributed by atoms with E-state index in [2.05, 4.69) is 0 Å². The lowest BCUT2D eigenvalue weighted by atomic mass is 9.87. The van der Waals surface area contributed by atoms with E-state index in [0.717, 1.165) is 17.0 Å². The van der Waals surface area contributed by atoms with Crippen molar-refractivity contribution in [1.29, 1.82) is 0 Å². The molecule has 2 aromatic rings. The standard InChI is InChI=1S/C25H27F2NO5/c1-24(2,3)32-22(30)17-11-16(27)12-19-21(17)20(29)13-18(14-7-9-15(26)10-8-14)28(19)23(31)33-25(4,5)6/h7-12,18H,13H2,1-6H3. The van der Waals surface area contributed by atoms with Crippen LogP contribution in [0.2, 0.25) is 0 Å². The zero-order chi connectivity index (χ0) is 24.7. The van der Waals surface area contributed by atoms with Crippen molar-refractivity contribution < 1.29 is 32.6 Å². The van der Waals surface area contributed by atoms with Crippen molar-refractivity contribution in [3.05, 3.63) is 64.7 Å². The van der Waals surface area contributed by atoms with E-state index >= 15 is 0 Å². The molecule has 1 aliphatic heterocycles. The van der Waals surface area contributed by atoms with Crippen LogP contribution in [-0.4, -0.2) is 29.0 Å². The summed E-state index contributed by atoms with van der Waals surface area (Å²) in [5, 5.41) is 0. The molecule has 33 heavy (non-hydrogen) atoms. The summed E-state index contributed by atoms with van der Waals surface area (Å²) < 4.78 is 39.1. The molecule has 2 aromatic carbocycles. The molecular weight excluding hydrogens is 432 g/mol. The van der Waals surface area contributed by atoms with Crippen LogP contribution in [0.4, 0.5) is 19.3 Å². The van der Waals surface area contributed by atoms with E-state index in [4.69, 9.17) is 9.47 Å². The van der Waals surface area contributed by atoms with Crippen molar-refractivity contribution in [1.82, 2.24) is 0 Å². The van der Waals surface area contributed by atoms with E-state index in [1.807, 2.05) is 0 Å². The van der Waals surface area contributed by atoms with Gasteiger partial charge >= 0.3 is 12.1 Å². The molecule has 6 nitrogen and oxygen atoms in total. The van der Waals surface area contributed by atoms with Crippen LogP contribution in [0.25, 0.3) is 0 Å². The van der Waals surface area contributed by atoms with Gasteiger partial charge < -0.3 is 9.47 Å². The fourth-order valence-electron chi connectivity index (χ4n) is 3.59. The van der Waals surface area contributed by atoms with Crippen LogP contribution in [0.15, 0.2) is 36.4 Å². The van der Waals surface area contributed by atoms with Gasteiger partial charge in [-0.25, -0.2) is 18.4 Å². The average molecular weight is 459 g/mol. The second-order valence-electron chi connectivity index (χ2n) is 9.89. The lowest BCUT2D eigenvalue weighted by Gasteiger charge is -2.38. The molecule has 1 aliphatic rings. The third-order valence-corrected chi connectivity index (χ3v) is 4.77. The first-order chi connectivity index (χ1) is 15.2. The fraction of sp³-hybridized carbons (Fsp3) is 0.400. The molecule has 8 heteroatoms. The maximum absolute atomic E-state index is 14.7. The van der Waals surface area contributed by atoms with Crippen LogP contribution in [0.1, 0.15) is 80.3 Å². The number of carbonyl (C=O) groups excluding carboxylic acids is 3. The van der Waals surface area contributed by atoms with Gasteiger partial charge in [0.05, 0.1) is 22.9 Å². The Kier molecular flexibility index (Phi) is 6.33. The molecule has 0 radical (unpaired) electrons. The number of nitrogens with zero attached hydrogens (tertiary/aromatic N) is 1. The number of ether oxygens (including phenoxy) is 2. The molecule has 3 rings (SSSR count). The minimum atomic E-state index is -0.882. The summed E-state index contributed by atoms with van der Waals surface area (Å²) in [6.07, 6.45) is -1.04. The number of ketones is 1.